The minimum Gasteiger partial charge on any atom is -0.449 e. The number of halogens is 6. The third-order valence-corrected chi connectivity index (χ3v) is 6.16. The van der Waals surface area contributed by atoms with E-state index in [1.807, 2.05) is 6.92 Å². The van der Waals surface area contributed by atoms with Crippen LogP contribution in [0, 0.1) is 0 Å². The second-order valence-corrected chi connectivity index (χ2v) is 8.84. The number of benzene rings is 2. The van der Waals surface area contributed by atoms with Crippen molar-refractivity contribution >= 4 is 6.09 Å². The normalized spacial score (nSPS) is 19.5. The number of piperidine rings is 1. The van der Waals surface area contributed by atoms with Crippen LogP contribution in [0.25, 0.3) is 0 Å². The average molecular weight is 534 g/mol. The highest BCUT2D eigenvalue weighted by Gasteiger charge is 2.40. The maximum Gasteiger partial charge on any atom is 0.416 e. The lowest BCUT2D eigenvalue weighted by molar-refractivity contribution is -0.143. The number of amides is 1. The quantitative estimate of drug-likeness (QED) is 0.296. The van der Waals surface area contributed by atoms with Crippen LogP contribution in [0.4, 0.5) is 31.1 Å². The van der Waals surface area contributed by atoms with Gasteiger partial charge in [0.1, 0.15) is 6.10 Å². The van der Waals surface area contributed by atoms with Gasteiger partial charge < -0.3 is 14.6 Å². The molecule has 1 unspecified atom stereocenters. The summed E-state index contributed by atoms with van der Waals surface area (Å²) in [6, 6.07) is 9.16. The SMILES string of the molecule is CCCCOC(=O)N1CCC[C@H](OC(CO)c2cc(C(F)(F)F)cc(C(F)(F)F)c2)[C@@H]1c1ccccc1. The standard InChI is InChI=1S/C26H29F6NO4/c1-2-3-12-36-24(35)33-11-7-10-21(23(33)17-8-5-4-6-9-17)37-22(16-34)18-13-19(25(27,28)29)15-20(14-18)26(30,31)32/h4-6,8-9,13-15,21-23,34H,2-3,7,10-12,16H2,1H3/t21-,22?,23-/m0/s1. The molecule has 5 nitrogen and oxygen atoms in total. The van der Waals surface area contributed by atoms with Gasteiger partial charge >= 0.3 is 18.4 Å². The predicted octanol–water partition coefficient (Wildman–Crippen LogP) is 6.92. The molecule has 1 aliphatic heterocycles. The maximum atomic E-state index is 13.4. The van der Waals surface area contributed by atoms with Crippen LogP contribution in [0.1, 0.15) is 67.0 Å². The molecule has 1 N–H and O–H groups in total. The Labute approximate surface area is 211 Å². The highest BCUT2D eigenvalue weighted by atomic mass is 19.4. The number of aliphatic hydroxyl groups is 1. The van der Waals surface area contributed by atoms with Crippen molar-refractivity contribution in [1.29, 1.82) is 0 Å². The number of unbranched alkanes of at least 4 members (excludes halogenated alkanes) is 1. The van der Waals surface area contributed by atoms with Gasteiger partial charge in [-0.15, -0.1) is 0 Å². The Morgan fingerprint density at radius 3 is 2.22 bits per heavy atom. The summed E-state index contributed by atoms with van der Waals surface area (Å²) >= 11 is 0. The summed E-state index contributed by atoms with van der Waals surface area (Å²) in [4.78, 5) is 14.3. The Bertz CT molecular complexity index is 996. The number of hydrogen-bond donors (Lipinski definition) is 1. The lowest BCUT2D eigenvalue weighted by Gasteiger charge is -2.42. The molecule has 1 heterocycles. The number of alkyl halides is 6. The number of carbonyl (C=O) groups excluding carboxylic acids is 1. The molecular formula is C26H29F6NO4. The maximum absolute atomic E-state index is 13.4. The summed E-state index contributed by atoms with van der Waals surface area (Å²) < 4.78 is 91.7. The summed E-state index contributed by atoms with van der Waals surface area (Å²) in [5.41, 5.74) is -2.79. The lowest BCUT2D eigenvalue weighted by atomic mass is 9.92. The summed E-state index contributed by atoms with van der Waals surface area (Å²) in [5.74, 6) is 0. The zero-order valence-electron chi connectivity index (χ0n) is 20.2. The number of likely N-dealkylation sites (tertiary alicyclic amines) is 1. The minimum atomic E-state index is -5.04. The van der Waals surface area contributed by atoms with E-state index in [0.717, 1.165) is 6.42 Å². The van der Waals surface area contributed by atoms with Crippen LogP contribution in [-0.2, 0) is 21.8 Å². The number of nitrogens with zero attached hydrogens (tertiary/aromatic N) is 1. The summed E-state index contributed by atoms with van der Waals surface area (Å²) in [7, 11) is 0. The fourth-order valence-corrected chi connectivity index (χ4v) is 4.34. The molecule has 0 aromatic heterocycles. The molecule has 2 aromatic rings. The first-order chi connectivity index (χ1) is 17.5. The van der Waals surface area contributed by atoms with Gasteiger partial charge in [-0.25, -0.2) is 4.79 Å². The van der Waals surface area contributed by atoms with Gasteiger partial charge in [0.2, 0.25) is 0 Å². The summed E-state index contributed by atoms with van der Waals surface area (Å²) in [6.07, 6.45) is -10.7. The minimum absolute atomic E-state index is 0.0271. The summed E-state index contributed by atoms with van der Waals surface area (Å²) in [6.45, 7) is 1.62. The van der Waals surface area contributed by atoms with Crippen LogP contribution in [0.15, 0.2) is 48.5 Å². The number of rotatable bonds is 8. The van der Waals surface area contributed by atoms with Crippen LogP contribution in [0.2, 0.25) is 0 Å². The van der Waals surface area contributed by atoms with Crippen molar-refractivity contribution in [1.82, 2.24) is 4.90 Å². The molecule has 3 atom stereocenters. The van der Waals surface area contributed by atoms with Gasteiger partial charge in [-0.05, 0) is 48.6 Å². The molecule has 0 aliphatic carbocycles. The van der Waals surface area contributed by atoms with Crippen molar-refractivity contribution in [2.75, 3.05) is 19.8 Å². The fourth-order valence-electron chi connectivity index (χ4n) is 4.34. The van der Waals surface area contributed by atoms with E-state index in [2.05, 4.69) is 0 Å². The van der Waals surface area contributed by atoms with Crippen molar-refractivity contribution in [3.8, 4) is 0 Å². The number of aliphatic hydroxyl groups excluding tert-OH is 1. The zero-order chi connectivity index (χ0) is 27.2. The Balaban J connectivity index is 1.96. The molecule has 37 heavy (non-hydrogen) atoms. The number of hydrogen-bond acceptors (Lipinski definition) is 4. The molecule has 1 fully saturated rings. The van der Waals surface area contributed by atoms with Gasteiger partial charge in [0.25, 0.3) is 0 Å². The van der Waals surface area contributed by atoms with Crippen LogP contribution >= 0.6 is 0 Å². The fraction of sp³-hybridized carbons (Fsp3) is 0.500. The van der Waals surface area contributed by atoms with Crippen molar-refractivity contribution in [2.24, 2.45) is 0 Å². The van der Waals surface area contributed by atoms with E-state index in [1.54, 1.807) is 30.3 Å². The Hall–Kier alpha value is -2.79. The Morgan fingerprint density at radius 2 is 1.68 bits per heavy atom. The summed E-state index contributed by atoms with van der Waals surface area (Å²) in [5, 5.41) is 9.98. The molecule has 0 spiro atoms. The van der Waals surface area contributed by atoms with Gasteiger partial charge in [-0.1, -0.05) is 43.7 Å². The molecule has 1 saturated heterocycles. The first-order valence-corrected chi connectivity index (χ1v) is 12.0. The van der Waals surface area contributed by atoms with E-state index in [9.17, 15) is 36.2 Å². The molecule has 0 bridgehead atoms. The molecular weight excluding hydrogens is 504 g/mol. The molecule has 0 radical (unpaired) electrons. The first kappa shape index (κ1) is 28.8. The van der Waals surface area contributed by atoms with E-state index in [-0.39, 0.29) is 12.7 Å². The first-order valence-electron chi connectivity index (χ1n) is 12.0. The van der Waals surface area contributed by atoms with E-state index < -0.39 is 60.0 Å². The smallest absolute Gasteiger partial charge is 0.416 e. The molecule has 1 aliphatic rings. The second kappa shape index (κ2) is 12.2. The highest BCUT2D eigenvalue weighted by molar-refractivity contribution is 5.68. The van der Waals surface area contributed by atoms with Gasteiger partial charge in [0.15, 0.2) is 0 Å². The van der Waals surface area contributed by atoms with Crippen LogP contribution < -0.4 is 0 Å². The van der Waals surface area contributed by atoms with Crippen LogP contribution in [0.3, 0.4) is 0 Å². The van der Waals surface area contributed by atoms with Gasteiger partial charge in [-0.3, -0.25) is 4.90 Å². The van der Waals surface area contributed by atoms with E-state index in [1.165, 1.54) is 4.90 Å². The molecule has 3 rings (SSSR count). The number of ether oxygens (including phenoxy) is 2. The highest BCUT2D eigenvalue weighted by Crippen LogP contribution is 2.40. The van der Waals surface area contributed by atoms with Crippen LogP contribution in [0.5, 0.6) is 0 Å². The van der Waals surface area contributed by atoms with E-state index in [4.69, 9.17) is 9.47 Å². The third kappa shape index (κ3) is 7.38. The van der Waals surface area contributed by atoms with Crippen molar-refractivity contribution in [2.45, 2.75) is 63.2 Å². The average Bonchev–Trinajstić information content (AvgIpc) is 2.86. The Morgan fingerprint density at radius 1 is 1.05 bits per heavy atom. The molecule has 1 amide bonds. The molecule has 0 saturated carbocycles. The molecule has 11 heteroatoms. The van der Waals surface area contributed by atoms with Gasteiger partial charge in [-0.2, -0.15) is 26.3 Å². The topological polar surface area (TPSA) is 59.0 Å². The van der Waals surface area contributed by atoms with E-state index in [0.29, 0.717) is 43.5 Å². The molecule has 2 aromatic carbocycles. The third-order valence-electron chi connectivity index (χ3n) is 6.16. The molecule has 204 valence electrons. The van der Waals surface area contributed by atoms with Crippen molar-refractivity contribution < 1.29 is 45.7 Å². The van der Waals surface area contributed by atoms with Gasteiger partial charge in [0, 0.05) is 6.54 Å². The second-order valence-electron chi connectivity index (χ2n) is 8.84. The predicted molar refractivity (Wildman–Crippen MR) is 123 cm³/mol. The van der Waals surface area contributed by atoms with Gasteiger partial charge in [0.05, 0.1) is 36.5 Å². The van der Waals surface area contributed by atoms with E-state index >= 15 is 0 Å². The zero-order valence-corrected chi connectivity index (χ0v) is 20.2. The van der Waals surface area contributed by atoms with Crippen molar-refractivity contribution in [3.05, 3.63) is 70.8 Å². The largest absolute Gasteiger partial charge is 0.449 e. The van der Waals surface area contributed by atoms with Crippen LogP contribution in [-0.4, -0.2) is 42.0 Å². The van der Waals surface area contributed by atoms with Crippen molar-refractivity contribution in [3.63, 3.8) is 0 Å². The number of carbonyl (C=O) groups is 1. The monoisotopic (exact) mass is 533 g/mol. The lowest BCUT2D eigenvalue weighted by Crippen LogP contribution is -2.47. The Kier molecular flexibility index (Phi) is 9.46.